The van der Waals surface area contributed by atoms with Crippen molar-refractivity contribution < 1.29 is 8.78 Å². The van der Waals surface area contributed by atoms with E-state index in [9.17, 15) is 8.78 Å². The first kappa shape index (κ1) is 18.6. The van der Waals surface area contributed by atoms with Gasteiger partial charge in [0.25, 0.3) is 0 Å². The number of halogens is 2. The molecule has 0 N–H and O–H groups in total. The van der Waals surface area contributed by atoms with Gasteiger partial charge in [-0.05, 0) is 79.0 Å². The summed E-state index contributed by atoms with van der Waals surface area (Å²) in [5, 5.41) is 9.01. The minimum Gasteiger partial charge on any atom is -0.207 e. The maximum Gasteiger partial charge on any atom is 0.129 e. The zero-order chi connectivity index (χ0) is 18.5. The van der Waals surface area contributed by atoms with Crippen molar-refractivity contribution in [3.63, 3.8) is 0 Å². The second-order valence-electron chi connectivity index (χ2n) is 7.32. The quantitative estimate of drug-likeness (QED) is 0.565. The van der Waals surface area contributed by atoms with E-state index >= 15 is 0 Å². The minimum atomic E-state index is -0.405. The molecular formula is C23H25F2N. The molecule has 1 aliphatic carbocycles. The van der Waals surface area contributed by atoms with Crippen LogP contribution in [0.4, 0.5) is 8.78 Å². The molecule has 0 saturated carbocycles. The zero-order valence-electron chi connectivity index (χ0n) is 15.3. The molecule has 26 heavy (non-hydrogen) atoms. The lowest BCUT2D eigenvalue weighted by Crippen LogP contribution is -2.16. The summed E-state index contributed by atoms with van der Waals surface area (Å²) in [6.45, 7) is 2.15. The third kappa shape index (κ3) is 4.12. The number of hydrogen-bond acceptors (Lipinski definition) is 1. The number of nitrogens with zero attached hydrogens (tertiary/aromatic N) is 1. The Morgan fingerprint density at radius 3 is 2.50 bits per heavy atom. The maximum atomic E-state index is 14.7. The molecule has 2 aromatic rings. The number of nitriles is 1. The number of hydrogen-bond donors (Lipinski definition) is 0. The molecule has 0 spiro atoms. The molecule has 1 unspecified atom stereocenters. The van der Waals surface area contributed by atoms with Gasteiger partial charge in [-0.1, -0.05) is 32.3 Å². The average molecular weight is 353 g/mol. The first-order chi connectivity index (χ1) is 12.6. The molecule has 0 fully saturated rings. The van der Waals surface area contributed by atoms with Crippen molar-refractivity contribution >= 4 is 0 Å². The van der Waals surface area contributed by atoms with Gasteiger partial charge in [0, 0.05) is 5.56 Å². The molecule has 0 aliphatic heterocycles. The molecule has 0 amide bonds. The maximum absolute atomic E-state index is 14.7. The van der Waals surface area contributed by atoms with Crippen LogP contribution in [0.25, 0.3) is 0 Å². The van der Waals surface area contributed by atoms with Crippen molar-refractivity contribution in [3.05, 3.63) is 69.8 Å². The van der Waals surface area contributed by atoms with Crippen LogP contribution in [-0.2, 0) is 19.3 Å². The van der Waals surface area contributed by atoms with E-state index in [0.29, 0.717) is 18.4 Å². The number of benzene rings is 2. The second kappa shape index (κ2) is 8.45. The lowest BCUT2D eigenvalue weighted by atomic mass is 9.79. The Kier molecular flexibility index (Phi) is 6.04. The van der Waals surface area contributed by atoms with Gasteiger partial charge in [0.2, 0.25) is 0 Å². The van der Waals surface area contributed by atoms with Crippen LogP contribution in [0.1, 0.15) is 72.8 Å². The van der Waals surface area contributed by atoms with Crippen molar-refractivity contribution in [3.8, 4) is 6.07 Å². The fourth-order valence-electron chi connectivity index (χ4n) is 4.00. The molecule has 1 atom stereocenters. The molecule has 3 rings (SSSR count). The number of unbranched alkanes of at least 4 members (excludes halogenated alkanes) is 3. The number of fused-ring (bicyclic) bond motifs is 1. The average Bonchev–Trinajstić information content (AvgIpc) is 2.64. The smallest absolute Gasteiger partial charge is 0.129 e. The van der Waals surface area contributed by atoms with Crippen LogP contribution < -0.4 is 0 Å². The van der Waals surface area contributed by atoms with Gasteiger partial charge in [-0.15, -0.1) is 0 Å². The van der Waals surface area contributed by atoms with Gasteiger partial charge in [-0.3, -0.25) is 0 Å². The highest BCUT2D eigenvalue weighted by atomic mass is 19.1. The molecule has 0 saturated heterocycles. The Balaban J connectivity index is 1.76. The predicted molar refractivity (Wildman–Crippen MR) is 100 cm³/mol. The van der Waals surface area contributed by atoms with E-state index in [1.54, 1.807) is 6.07 Å². The van der Waals surface area contributed by atoms with Crippen molar-refractivity contribution in [2.45, 2.75) is 64.2 Å². The van der Waals surface area contributed by atoms with Crippen LogP contribution >= 0.6 is 0 Å². The van der Waals surface area contributed by atoms with Crippen LogP contribution in [0.3, 0.4) is 0 Å². The monoisotopic (exact) mass is 353 g/mol. The minimum absolute atomic E-state index is 0.135. The summed E-state index contributed by atoms with van der Waals surface area (Å²) in [6, 6.07) is 10.8. The molecule has 0 heterocycles. The van der Waals surface area contributed by atoms with Gasteiger partial charge in [-0.2, -0.15) is 5.26 Å². The lowest BCUT2D eigenvalue weighted by molar-refractivity contribution is 0.489. The molecular weight excluding hydrogens is 328 g/mol. The van der Waals surface area contributed by atoms with Gasteiger partial charge in [0.1, 0.15) is 11.6 Å². The van der Waals surface area contributed by atoms with Gasteiger partial charge >= 0.3 is 0 Å². The highest BCUT2D eigenvalue weighted by Gasteiger charge is 2.26. The van der Waals surface area contributed by atoms with Gasteiger partial charge in [0.15, 0.2) is 0 Å². The fraction of sp³-hybridized carbons (Fsp3) is 0.435. The Morgan fingerprint density at radius 2 is 1.81 bits per heavy atom. The Labute approximate surface area is 154 Å². The van der Waals surface area contributed by atoms with E-state index in [-0.39, 0.29) is 11.5 Å². The highest BCUT2D eigenvalue weighted by molar-refractivity contribution is 5.41. The Bertz CT molecular complexity index is 796. The molecule has 0 radical (unpaired) electrons. The molecule has 3 heteroatoms. The van der Waals surface area contributed by atoms with E-state index in [2.05, 4.69) is 13.0 Å². The topological polar surface area (TPSA) is 23.8 Å². The summed E-state index contributed by atoms with van der Waals surface area (Å²) in [5.74, 6) is -0.945. The highest BCUT2D eigenvalue weighted by Crippen LogP contribution is 2.36. The zero-order valence-corrected chi connectivity index (χ0v) is 15.3. The molecule has 2 aromatic carbocycles. The van der Waals surface area contributed by atoms with E-state index in [1.165, 1.54) is 12.1 Å². The first-order valence-electron chi connectivity index (χ1n) is 9.62. The summed E-state index contributed by atoms with van der Waals surface area (Å²) in [7, 11) is 0. The van der Waals surface area contributed by atoms with Gasteiger partial charge < -0.3 is 0 Å². The van der Waals surface area contributed by atoms with Crippen molar-refractivity contribution in [1.82, 2.24) is 0 Å². The summed E-state index contributed by atoms with van der Waals surface area (Å²) in [4.78, 5) is 0. The van der Waals surface area contributed by atoms with Crippen molar-refractivity contribution in [2.24, 2.45) is 0 Å². The lowest BCUT2D eigenvalue weighted by Gasteiger charge is -2.26. The molecule has 136 valence electrons. The van der Waals surface area contributed by atoms with Crippen LogP contribution in [0, 0.1) is 23.0 Å². The molecule has 1 nitrogen and oxygen atoms in total. The number of aryl methyl sites for hydroxylation is 2. The summed E-state index contributed by atoms with van der Waals surface area (Å²) >= 11 is 0. The van der Waals surface area contributed by atoms with Crippen LogP contribution in [0.5, 0.6) is 0 Å². The second-order valence-corrected chi connectivity index (χ2v) is 7.32. The predicted octanol–water partition coefficient (Wildman–Crippen LogP) is 6.23. The van der Waals surface area contributed by atoms with Crippen LogP contribution in [0.2, 0.25) is 0 Å². The SMILES string of the molecule is CCCCCCc1cc(F)c(C2CCc3cc(C#N)ccc3C2)c(F)c1. The third-order valence-corrected chi connectivity index (χ3v) is 5.43. The fourth-order valence-corrected chi connectivity index (χ4v) is 4.00. The molecule has 1 aliphatic rings. The normalized spacial score (nSPS) is 16.2. The largest absolute Gasteiger partial charge is 0.207 e. The molecule has 0 bridgehead atoms. The first-order valence-corrected chi connectivity index (χ1v) is 9.62. The van der Waals surface area contributed by atoms with Gasteiger partial charge in [-0.25, -0.2) is 8.78 Å². The van der Waals surface area contributed by atoms with E-state index in [1.807, 2.05) is 12.1 Å². The Hall–Kier alpha value is -2.21. The number of rotatable bonds is 6. The Morgan fingerprint density at radius 1 is 1.04 bits per heavy atom. The van der Waals surface area contributed by atoms with Gasteiger partial charge in [0.05, 0.1) is 11.6 Å². The van der Waals surface area contributed by atoms with Crippen LogP contribution in [-0.4, -0.2) is 0 Å². The van der Waals surface area contributed by atoms with Crippen molar-refractivity contribution in [1.29, 1.82) is 5.26 Å². The molecule has 0 aromatic heterocycles. The standard InChI is InChI=1S/C23H25F2N/c1-2-3-4-5-6-16-12-21(24)23(22(25)13-16)20-10-9-18-11-17(15-26)7-8-19(18)14-20/h7-8,11-13,20H,2-6,9-10,14H2,1H3. The van der Waals surface area contributed by atoms with Crippen LogP contribution in [0.15, 0.2) is 30.3 Å². The summed E-state index contributed by atoms with van der Waals surface area (Å²) in [5.41, 5.74) is 3.87. The summed E-state index contributed by atoms with van der Waals surface area (Å²) < 4.78 is 29.4. The van der Waals surface area contributed by atoms with E-state index in [4.69, 9.17) is 5.26 Å². The van der Waals surface area contributed by atoms with E-state index in [0.717, 1.165) is 55.2 Å². The van der Waals surface area contributed by atoms with Crippen molar-refractivity contribution in [2.75, 3.05) is 0 Å². The summed E-state index contributed by atoms with van der Waals surface area (Å²) in [6.07, 6.45) is 7.23. The third-order valence-electron chi connectivity index (χ3n) is 5.43. The van der Waals surface area contributed by atoms with E-state index < -0.39 is 11.6 Å².